The van der Waals surface area contributed by atoms with E-state index in [2.05, 4.69) is 41.8 Å². The van der Waals surface area contributed by atoms with Crippen molar-refractivity contribution in [3.05, 3.63) is 71.8 Å². The van der Waals surface area contributed by atoms with E-state index in [9.17, 15) is 4.79 Å². The normalized spacial score (nSPS) is 16.4. The van der Waals surface area contributed by atoms with Crippen LogP contribution in [0.25, 0.3) is 0 Å². The van der Waals surface area contributed by atoms with Crippen molar-refractivity contribution in [3.8, 4) is 0 Å². The maximum absolute atomic E-state index is 12.3. The zero-order valence-corrected chi connectivity index (χ0v) is 13.5. The second-order valence-corrected chi connectivity index (χ2v) is 6.39. The predicted molar refractivity (Wildman–Crippen MR) is 93.3 cm³/mol. The van der Waals surface area contributed by atoms with Crippen LogP contribution in [0.3, 0.4) is 0 Å². The molecular weight excluding hydrogens is 284 g/mol. The van der Waals surface area contributed by atoms with Crippen LogP contribution < -0.4 is 10.6 Å². The Kier molecular flexibility index (Phi) is 4.96. The van der Waals surface area contributed by atoms with Gasteiger partial charge in [-0.1, -0.05) is 67.6 Å². The Labute approximate surface area is 138 Å². The first-order valence-corrected chi connectivity index (χ1v) is 8.38. The molecule has 0 aromatic heterocycles. The quantitative estimate of drug-likeness (QED) is 0.823. The van der Waals surface area contributed by atoms with E-state index in [4.69, 9.17) is 0 Å². The smallest absolute Gasteiger partial charge is 0.315 e. The molecule has 1 fully saturated rings. The number of benzene rings is 2. The number of amides is 2. The van der Waals surface area contributed by atoms with E-state index >= 15 is 0 Å². The van der Waals surface area contributed by atoms with E-state index in [1.807, 2.05) is 36.4 Å². The molecule has 2 aromatic rings. The predicted octanol–water partition coefficient (Wildman–Crippen LogP) is 4.24. The minimum absolute atomic E-state index is 0.0754. The van der Waals surface area contributed by atoms with Gasteiger partial charge in [0, 0.05) is 6.54 Å². The van der Waals surface area contributed by atoms with Crippen LogP contribution >= 0.6 is 0 Å². The molecule has 1 saturated carbocycles. The van der Waals surface area contributed by atoms with Crippen molar-refractivity contribution in [2.75, 3.05) is 6.54 Å². The molecule has 2 unspecified atom stereocenters. The van der Waals surface area contributed by atoms with E-state index in [1.54, 1.807) is 0 Å². The number of rotatable bonds is 6. The topological polar surface area (TPSA) is 41.1 Å². The molecular formula is C20H24N2O. The Hall–Kier alpha value is -2.29. The van der Waals surface area contributed by atoms with E-state index in [0.717, 1.165) is 0 Å². The molecule has 0 heterocycles. The summed E-state index contributed by atoms with van der Waals surface area (Å²) in [5.41, 5.74) is 2.44. The highest BCUT2D eigenvalue weighted by Gasteiger charge is 2.33. The molecule has 23 heavy (non-hydrogen) atoms. The van der Waals surface area contributed by atoms with Crippen molar-refractivity contribution in [2.45, 2.75) is 31.7 Å². The van der Waals surface area contributed by atoms with Crippen molar-refractivity contribution in [1.29, 1.82) is 0 Å². The van der Waals surface area contributed by atoms with Crippen LogP contribution in [-0.2, 0) is 0 Å². The van der Waals surface area contributed by atoms with Gasteiger partial charge >= 0.3 is 6.03 Å². The molecule has 0 spiro atoms. The van der Waals surface area contributed by atoms with Gasteiger partial charge in [-0.05, 0) is 35.8 Å². The minimum Gasteiger partial charge on any atom is -0.338 e. The maximum Gasteiger partial charge on any atom is 0.315 e. The summed E-state index contributed by atoms with van der Waals surface area (Å²) in [6, 6.07) is 20.6. The van der Waals surface area contributed by atoms with E-state index in [1.165, 1.54) is 24.0 Å². The second-order valence-electron chi connectivity index (χ2n) is 6.39. The van der Waals surface area contributed by atoms with Crippen LogP contribution in [0.1, 0.15) is 42.9 Å². The summed E-state index contributed by atoms with van der Waals surface area (Å²) in [6.45, 7) is 2.77. The van der Waals surface area contributed by atoms with Gasteiger partial charge in [-0.2, -0.15) is 0 Å². The zero-order chi connectivity index (χ0) is 16.1. The molecule has 1 aliphatic rings. The average Bonchev–Trinajstić information content (AvgIpc) is 3.44. The fraction of sp³-hybridized carbons (Fsp3) is 0.350. The number of hydrogen-bond donors (Lipinski definition) is 2. The minimum atomic E-state index is -0.0754. The first kappa shape index (κ1) is 15.6. The van der Waals surface area contributed by atoms with Crippen molar-refractivity contribution in [3.63, 3.8) is 0 Å². The number of nitrogens with one attached hydrogen (secondary N) is 2. The Morgan fingerprint density at radius 2 is 1.57 bits per heavy atom. The van der Waals surface area contributed by atoms with Crippen LogP contribution in [0.15, 0.2) is 60.7 Å². The fourth-order valence-electron chi connectivity index (χ4n) is 2.90. The first-order chi connectivity index (χ1) is 11.2. The van der Waals surface area contributed by atoms with Gasteiger partial charge in [0.25, 0.3) is 0 Å². The summed E-state index contributed by atoms with van der Waals surface area (Å²) in [6.07, 6.45) is 2.39. The van der Waals surface area contributed by atoms with Gasteiger partial charge in [-0.25, -0.2) is 4.79 Å². The molecule has 0 saturated heterocycles. The van der Waals surface area contributed by atoms with Crippen LogP contribution in [0.4, 0.5) is 4.79 Å². The standard InChI is InChI=1S/C20H24N2O/c1-15(16-8-4-2-5-9-16)14-21-20(23)22-19(18-12-13-18)17-10-6-3-7-11-17/h2-11,15,18-19H,12-14H2,1H3,(H2,21,22,23). The maximum atomic E-state index is 12.3. The van der Waals surface area contributed by atoms with Crippen LogP contribution in [-0.4, -0.2) is 12.6 Å². The summed E-state index contributed by atoms with van der Waals surface area (Å²) in [5.74, 6) is 0.882. The van der Waals surface area contributed by atoms with Crippen LogP contribution in [0, 0.1) is 5.92 Å². The molecule has 0 radical (unpaired) electrons. The number of carbonyl (C=O) groups excluding carboxylic acids is 1. The zero-order valence-electron chi connectivity index (χ0n) is 13.5. The summed E-state index contributed by atoms with van der Waals surface area (Å²) in [4.78, 5) is 12.3. The number of carbonyl (C=O) groups is 1. The van der Waals surface area contributed by atoms with Gasteiger partial charge in [0.05, 0.1) is 6.04 Å². The summed E-state index contributed by atoms with van der Waals surface area (Å²) in [5, 5.41) is 6.17. The van der Waals surface area contributed by atoms with Crippen LogP contribution in [0.2, 0.25) is 0 Å². The van der Waals surface area contributed by atoms with Crippen LogP contribution in [0.5, 0.6) is 0 Å². The third-order valence-corrected chi connectivity index (χ3v) is 4.48. The van der Waals surface area contributed by atoms with Gasteiger partial charge < -0.3 is 10.6 Å². The van der Waals surface area contributed by atoms with E-state index < -0.39 is 0 Å². The van der Waals surface area contributed by atoms with E-state index in [-0.39, 0.29) is 12.1 Å². The fourth-order valence-corrected chi connectivity index (χ4v) is 2.90. The Balaban J connectivity index is 1.54. The monoisotopic (exact) mass is 308 g/mol. The van der Waals surface area contributed by atoms with Crippen molar-refractivity contribution < 1.29 is 4.79 Å². The summed E-state index contributed by atoms with van der Waals surface area (Å²) >= 11 is 0. The van der Waals surface area contributed by atoms with Gasteiger partial charge in [0.1, 0.15) is 0 Å². The summed E-state index contributed by atoms with van der Waals surface area (Å²) in [7, 11) is 0. The molecule has 0 bridgehead atoms. The lowest BCUT2D eigenvalue weighted by molar-refractivity contribution is 0.235. The van der Waals surface area contributed by atoms with Crippen molar-refractivity contribution >= 4 is 6.03 Å². The Morgan fingerprint density at radius 1 is 1.00 bits per heavy atom. The second kappa shape index (κ2) is 7.32. The number of hydrogen-bond acceptors (Lipinski definition) is 1. The molecule has 2 N–H and O–H groups in total. The SMILES string of the molecule is CC(CNC(=O)NC(c1ccccc1)C1CC1)c1ccccc1. The third kappa shape index (κ3) is 4.35. The molecule has 0 aliphatic heterocycles. The van der Waals surface area contributed by atoms with Crippen molar-refractivity contribution in [2.24, 2.45) is 5.92 Å². The van der Waals surface area contributed by atoms with Gasteiger partial charge in [0.15, 0.2) is 0 Å². The highest BCUT2D eigenvalue weighted by atomic mass is 16.2. The molecule has 1 aliphatic carbocycles. The largest absolute Gasteiger partial charge is 0.338 e. The molecule has 2 atom stereocenters. The number of urea groups is 1. The first-order valence-electron chi connectivity index (χ1n) is 8.38. The molecule has 3 heteroatoms. The highest BCUT2D eigenvalue weighted by Crippen LogP contribution is 2.40. The Morgan fingerprint density at radius 3 is 2.13 bits per heavy atom. The lowest BCUT2D eigenvalue weighted by Gasteiger charge is -2.20. The molecule has 3 nitrogen and oxygen atoms in total. The van der Waals surface area contributed by atoms with Crippen molar-refractivity contribution in [1.82, 2.24) is 10.6 Å². The van der Waals surface area contributed by atoms with Gasteiger partial charge in [-0.3, -0.25) is 0 Å². The summed E-state index contributed by atoms with van der Waals surface area (Å²) < 4.78 is 0. The highest BCUT2D eigenvalue weighted by molar-refractivity contribution is 5.74. The lowest BCUT2D eigenvalue weighted by atomic mass is 10.0. The molecule has 2 amide bonds. The molecule has 3 rings (SSSR count). The van der Waals surface area contributed by atoms with Gasteiger partial charge in [-0.15, -0.1) is 0 Å². The third-order valence-electron chi connectivity index (χ3n) is 4.48. The van der Waals surface area contributed by atoms with Gasteiger partial charge in [0.2, 0.25) is 0 Å². The molecule has 2 aromatic carbocycles. The lowest BCUT2D eigenvalue weighted by Crippen LogP contribution is -2.40. The molecule has 120 valence electrons. The Bertz CT molecular complexity index is 623. The average molecular weight is 308 g/mol. The van der Waals surface area contributed by atoms with E-state index in [0.29, 0.717) is 18.4 Å².